The van der Waals surface area contributed by atoms with Gasteiger partial charge in [0, 0.05) is 31.2 Å². The highest BCUT2D eigenvalue weighted by atomic mass is 16.5. The van der Waals surface area contributed by atoms with E-state index < -0.39 is 6.04 Å². The topological polar surface area (TPSA) is 70.2 Å². The lowest BCUT2D eigenvalue weighted by Gasteiger charge is -2.40. The summed E-state index contributed by atoms with van der Waals surface area (Å²) in [4.78, 5) is 46.1. The summed E-state index contributed by atoms with van der Waals surface area (Å²) in [6, 6.07) is 23.6. The second-order valence-electron chi connectivity index (χ2n) is 10.1. The predicted molar refractivity (Wildman–Crippen MR) is 146 cm³/mol. The Labute approximate surface area is 223 Å². The monoisotopic (exact) mass is 511 g/mol. The van der Waals surface area contributed by atoms with Gasteiger partial charge in [0.15, 0.2) is 0 Å². The molecule has 2 aliphatic rings. The summed E-state index contributed by atoms with van der Waals surface area (Å²) in [6.07, 6.45) is 1.43. The first kappa shape index (κ1) is 25.7. The molecular weight excluding hydrogens is 478 g/mol. The van der Waals surface area contributed by atoms with E-state index in [-0.39, 0.29) is 30.2 Å². The number of imide groups is 1. The highest BCUT2D eigenvalue weighted by Crippen LogP contribution is 2.31. The number of methoxy groups -OCH3 is 1. The predicted octanol–water partition coefficient (Wildman–Crippen LogP) is 4.44. The Bertz CT molecular complexity index is 1300. The third-order valence-electron chi connectivity index (χ3n) is 7.50. The van der Waals surface area contributed by atoms with Crippen molar-refractivity contribution in [3.8, 4) is 5.75 Å². The fourth-order valence-corrected chi connectivity index (χ4v) is 5.46. The van der Waals surface area contributed by atoms with Gasteiger partial charge < -0.3 is 9.64 Å². The SMILES string of the molecule is COc1cccc(C(=O)N(C2CCN(Cc3ccccc3)CC2)C2CC(=O)N(c3ccc(C)cc3)C2=O)c1. The molecule has 0 aliphatic carbocycles. The molecule has 3 aromatic carbocycles. The molecule has 0 saturated carbocycles. The Kier molecular flexibility index (Phi) is 7.56. The van der Waals surface area contributed by atoms with Crippen LogP contribution in [-0.2, 0) is 16.1 Å². The van der Waals surface area contributed by atoms with Gasteiger partial charge in [-0.25, -0.2) is 4.90 Å². The molecule has 2 saturated heterocycles. The zero-order valence-corrected chi connectivity index (χ0v) is 21.9. The van der Waals surface area contributed by atoms with E-state index in [0.29, 0.717) is 17.0 Å². The van der Waals surface area contributed by atoms with Crippen LogP contribution in [0.5, 0.6) is 5.75 Å². The molecule has 2 heterocycles. The molecule has 0 aromatic heterocycles. The first-order valence-electron chi connectivity index (χ1n) is 13.1. The van der Waals surface area contributed by atoms with Crippen molar-refractivity contribution >= 4 is 23.4 Å². The Morgan fingerprint density at radius 1 is 0.947 bits per heavy atom. The number of piperidine rings is 1. The van der Waals surface area contributed by atoms with Gasteiger partial charge in [-0.2, -0.15) is 0 Å². The van der Waals surface area contributed by atoms with E-state index in [1.807, 2.05) is 37.3 Å². The molecule has 0 N–H and O–H groups in total. The molecule has 2 aliphatic heterocycles. The Morgan fingerprint density at radius 2 is 1.66 bits per heavy atom. The van der Waals surface area contributed by atoms with Gasteiger partial charge in [-0.05, 0) is 55.7 Å². The molecule has 0 spiro atoms. The first-order valence-corrected chi connectivity index (χ1v) is 13.1. The molecule has 5 rings (SSSR count). The minimum absolute atomic E-state index is 0.0212. The van der Waals surface area contributed by atoms with Crippen molar-refractivity contribution in [2.45, 2.75) is 44.8 Å². The largest absolute Gasteiger partial charge is 0.497 e. The summed E-state index contributed by atoms with van der Waals surface area (Å²) in [7, 11) is 1.56. The van der Waals surface area contributed by atoms with Gasteiger partial charge in [0.05, 0.1) is 19.2 Å². The summed E-state index contributed by atoms with van der Waals surface area (Å²) in [6.45, 7) is 4.41. The van der Waals surface area contributed by atoms with E-state index >= 15 is 0 Å². The standard InChI is InChI=1S/C31H33N3O4/c1-22-11-13-25(14-12-22)34-29(35)20-28(31(34)37)33(30(36)24-9-6-10-27(19-24)38-2)26-15-17-32(18-16-26)21-23-7-4-3-5-8-23/h3-14,19,26,28H,15-18,20-21H2,1-2H3. The van der Waals surface area contributed by atoms with Crippen LogP contribution >= 0.6 is 0 Å². The van der Waals surface area contributed by atoms with Gasteiger partial charge in [0.25, 0.3) is 11.8 Å². The van der Waals surface area contributed by atoms with Gasteiger partial charge in [0.2, 0.25) is 5.91 Å². The number of hydrogen-bond acceptors (Lipinski definition) is 5. The maximum Gasteiger partial charge on any atom is 0.257 e. The number of nitrogens with zero attached hydrogens (tertiary/aromatic N) is 3. The Balaban J connectivity index is 1.40. The average Bonchev–Trinajstić information content (AvgIpc) is 3.24. The van der Waals surface area contributed by atoms with E-state index in [4.69, 9.17) is 4.74 Å². The van der Waals surface area contributed by atoms with Crippen molar-refractivity contribution in [1.29, 1.82) is 0 Å². The molecule has 2 fully saturated rings. The summed E-state index contributed by atoms with van der Waals surface area (Å²) in [5.74, 6) is -0.304. The lowest BCUT2D eigenvalue weighted by molar-refractivity contribution is -0.123. The number of aryl methyl sites for hydroxylation is 1. The number of rotatable bonds is 7. The molecule has 1 atom stereocenters. The number of hydrogen-bond donors (Lipinski definition) is 0. The van der Waals surface area contributed by atoms with Crippen LogP contribution in [0.25, 0.3) is 0 Å². The quantitative estimate of drug-likeness (QED) is 0.439. The van der Waals surface area contributed by atoms with Crippen molar-refractivity contribution < 1.29 is 19.1 Å². The Morgan fingerprint density at radius 3 is 2.34 bits per heavy atom. The van der Waals surface area contributed by atoms with Crippen LogP contribution in [0, 0.1) is 6.92 Å². The fourth-order valence-electron chi connectivity index (χ4n) is 5.46. The van der Waals surface area contributed by atoms with Crippen LogP contribution < -0.4 is 9.64 Å². The molecule has 0 bridgehead atoms. The van der Waals surface area contributed by atoms with Gasteiger partial charge in [-0.15, -0.1) is 0 Å². The smallest absolute Gasteiger partial charge is 0.257 e. The zero-order valence-electron chi connectivity index (χ0n) is 21.9. The van der Waals surface area contributed by atoms with Crippen LogP contribution in [0.4, 0.5) is 5.69 Å². The van der Waals surface area contributed by atoms with E-state index in [0.717, 1.165) is 38.0 Å². The zero-order chi connectivity index (χ0) is 26.6. The van der Waals surface area contributed by atoms with Crippen LogP contribution in [0.2, 0.25) is 0 Å². The van der Waals surface area contributed by atoms with Gasteiger partial charge in [0.1, 0.15) is 11.8 Å². The number of ether oxygens (including phenoxy) is 1. The molecule has 38 heavy (non-hydrogen) atoms. The third kappa shape index (κ3) is 5.34. The average molecular weight is 512 g/mol. The van der Waals surface area contributed by atoms with E-state index in [2.05, 4.69) is 17.0 Å². The van der Waals surface area contributed by atoms with Crippen molar-refractivity contribution in [3.63, 3.8) is 0 Å². The normalized spacial score (nSPS) is 18.6. The minimum atomic E-state index is -0.840. The number of benzene rings is 3. The van der Waals surface area contributed by atoms with Gasteiger partial charge >= 0.3 is 0 Å². The molecule has 7 heteroatoms. The Hall–Kier alpha value is -3.97. The van der Waals surface area contributed by atoms with E-state index in [1.165, 1.54) is 10.5 Å². The molecule has 7 nitrogen and oxygen atoms in total. The number of carbonyl (C=O) groups is 3. The number of likely N-dealkylation sites (tertiary alicyclic amines) is 1. The summed E-state index contributed by atoms with van der Waals surface area (Å²) < 4.78 is 5.34. The van der Waals surface area contributed by atoms with Crippen LogP contribution in [-0.4, -0.2) is 59.8 Å². The van der Waals surface area contributed by atoms with E-state index in [1.54, 1.807) is 48.4 Å². The summed E-state index contributed by atoms with van der Waals surface area (Å²) in [5, 5.41) is 0. The maximum atomic E-state index is 14.0. The summed E-state index contributed by atoms with van der Waals surface area (Å²) in [5.41, 5.74) is 3.28. The maximum absolute atomic E-state index is 14.0. The van der Waals surface area contributed by atoms with Crippen LogP contribution in [0.3, 0.4) is 0 Å². The van der Waals surface area contributed by atoms with Crippen molar-refractivity contribution in [2.24, 2.45) is 0 Å². The van der Waals surface area contributed by atoms with Crippen molar-refractivity contribution in [2.75, 3.05) is 25.1 Å². The molecular formula is C31H33N3O4. The van der Waals surface area contributed by atoms with Gasteiger partial charge in [-0.3, -0.25) is 19.3 Å². The molecule has 1 unspecified atom stereocenters. The lowest BCUT2D eigenvalue weighted by Crippen LogP contribution is -2.54. The minimum Gasteiger partial charge on any atom is -0.497 e. The highest BCUT2D eigenvalue weighted by molar-refractivity contribution is 6.23. The van der Waals surface area contributed by atoms with Gasteiger partial charge in [-0.1, -0.05) is 54.1 Å². The van der Waals surface area contributed by atoms with E-state index in [9.17, 15) is 14.4 Å². The number of anilines is 1. The molecule has 3 amide bonds. The van der Waals surface area contributed by atoms with Crippen LogP contribution in [0.15, 0.2) is 78.9 Å². The van der Waals surface area contributed by atoms with Crippen molar-refractivity contribution in [3.05, 3.63) is 95.6 Å². The molecule has 3 aromatic rings. The van der Waals surface area contributed by atoms with Crippen LogP contribution in [0.1, 0.15) is 40.7 Å². The second-order valence-corrected chi connectivity index (χ2v) is 10.1. The second kappa shape index (κ2) is 11.2. The number of carbonyl (C=O) groups excluding carboxylic acids is 3. The molecule has 196 valence electrons. The first-order chi connectivity index (χ1) is 18.4. The fraction of sp³-hybridized carbons (Fsp3) is 0.323. The summed E-state index contributed by atoms with van der Waals surface area (Å²) >= 11 is 0. The third-order valence-corrected chi connectivity index (χ3v) is 7.50. The van der Waals surface area contributed by atoms with Crippen molar-refractivity contribution in [1.82, 2.24) is 9.80 Å². The highest BCUT2D eigenvalue weighted by Gasteiger charge is 2.47. The lowest BCUT2D eigenvalue weighted by atomic mass is 9.98. The molecule has 0 radical (unpaired) electrons. The number of amides is 3.